The van der Waals surface area contributed by atoms with E-state index in [2.05, 4.69) is 39.1 Å². The largest absolute Gasteiger partial charge is 0.493 e. The van der Waals surface area contributed by atoms with Crippen molar-refractivity contribution in [1.29, 1.82) is 0 Å². The van der Waals surface area contributed by atoms with Crippen LogP contribution >= 0.6 is 0 Å². The highest BCUT2D eigenvalue weighted by Gasteiger charge is 2.60. The minimum absolute atomic E-state index is 0.00972. The van der Waals surface area contributed by atoms with E-state index in [1.54, 1.807) is 26.4 Å². The molecule has 1 aliphatic rings. The zero-order chi connectivity index (χ0) is 16.5. The second-order valence-electron chi connectivity index (χ2n) is 6.63. The van der Waals surface area contributed by atoms with E-state index in [1.807, 2.05) is 6.07 Å². The zero-order valence-electron chi connectivity index (χ0n) is 14.2. The first-order valence-corrected chi connectivity index (χ1v) is 7.49. The maximum absolute atomic E-state index is 12.5. The van der Waals surface area contributed by atoms with Crippen LogP contribution in [0.3, 0.4) is 0 Å². The summed E-state index contributed by atoms with van der Waals surface area (Å²) < 4.78 is 10.5. The van der Waals surface area contributed by atoms with Gasteiger partial charge in [-0.3, -0.25) is 4.79 Å². The van der Waals surface area contributed by atoms with Crippen LogP contribution in [0.25, 0.3) is 0 Å². The topological polar surface area (TPSA) is 47.6 Å². The van der Waals surface area contributed by atoms with E-state index < -0.39 is 0 Å². The maximum atomic E-state index is 12.5. The molecule has 1 aromatic rings. The minimum atomic E-state index is 0.00972. The minimum Gasteiger partial charge on any atom is -0.493 e. The van der Waals surface area contributed by atoms with Crippen LogP contribution in [0.2, 0.25) is 0 Å². The average Bonchev–Trinajstić information content (AvgIpc) is 2.98. The summed E-state index contributed by atoms with van der Waals surface area (Å²) in [5.74, 6) is 1.62. The zero-order valence-corrected chi connectivity index (χ0v) is 14.2. The highest BCUT2D eigenvalue weighted by Crippen LogP contribution is 2.59. The Morgan fingerprint density at radius 3 is 2.36 bits per heavy atom. The number of benzene rings is 1. The third kappa shape index (κ3) is 3.11. The van der Waals surface area contributed by atoms with Crippen molar-refractivity contribution < 1.29 is 14.3 Å². The molecule has 1 fully saturated rings. The van der Waals surface area contributed by atoms with Gasteiger partial charge in [-0.25, -0.2) is 0 Å². The lowest BCUT2D eigenvalue weighted by molar-refractivity contribution is -0.118. The van der Waals surface area contributed by atoms with Crippen molar-refractivity contribution in [2.24, 2.45) is 17.3 Å². The van der Waals surface area contributed by atoms with E-state index in [0.717, 1.165) is 5.69 Å². The van der Waals surface area contributed by atoms with Crippen LogP contribution in [0.1, 0.15) is 27.7 Å². The molecule has 0 saturated heterocycles. The van der Waals surface area contributed by atoms with Crippen molar-refractivity contribution in [3.63, 3.8) is 0 Å². The van der Waals surface area contributed by atoms with Crippen LogP contribution in [-0.2, 0) is 4.79 Å². The summed E-state index contributed by atoms with van der Waals surface area (Å²) in [7, 11) is 3.17. The molecule has 1 N–H and O–H groups in total. The Kier molecular flexibility index (Phi) is 4.50. The van der Waals surface area contributed by atoms with Gasteiger partial charge >= 0.3 is 0 Å². The van der Waals surface area contributed by atoms with Crippen molar-refractivity contribution in [2.45, 2.75) is 27.7 Å². The Morgan fingerprint density at radius 1 is 1.18 bits per heavy atom. The molecule has 1 saturated carbocycles. The van der Waals surface area contributed by atoms with Gasteiger partial charge in [0.2, 0.25) is 5.91 Å². The van der Waals surface area contributed by atoms with Crippen molar-refractivity contribution in [2.75, 3.05) is 19.5 Å². The molecule has 0 spiro atoms. The Labute approximate surface area is 132 Å². The van der Waals surface area contributed by atoms with Gasteiger partial charge in [0.1, 0.15) is 0 Å². The van der Waals surface area contributed by atoms with Crippen molar-refractivity contribution in [1.82, 2.24) is 0 Å². The smallest absolute Gasteiger partial charge is 0.228 e. The number of rotatable bonds is 5. The van der Waals surface area contributed by atoms with Crippen LogP contribution in [-0.4, -0.2) is 20.1 Å². The molecule has 0 aromatic heterocycles. The first-order valence-electron chi connectivity index (χ1n) is 7.49. The normalized spacial score (nSPS) is 21.7. The summed E-state index contributed by atoms with van der Waals surface area (Å²) in [5.41, 5.74) is 1.98. The van der Waals surface area contributed by atoms with Crippen molar-refractivity contribution in [3.8, 4) is 11.5 Å². The number of hydrogen-bond donors (Lipinski definition) is 1. The molecule has 4 nitrogen and oxygen atoms in total. The molecule has 0 heterocycles. The van der Waals surface area contributed by atoms with Gasteiger partial charge in [-0.1, -0.05) is 25.5 Å². The molecule has 0 aliphatic heterocycles. The number of ether oxygens (including phenoxy) is 2. The van der Waals surface area contributed by atoms with Gasteiger partial charge in [0.15, 0.2) is 11.5 Å². The third-order valence-electron chi connectivity index (χ3n) is 4.36. The Bertz CT molecular complexity index is 600. The van der Waals surface area contributed by atoms with E-state index >= 15 is 0 Å². The Balaban J connectivity index is 2.12. The molecule has 0 unspecified atom stereocenters. The number of anilines is 1. The highest BCUT2D eigenvalue weighted by atomic mass is 16.5. The molecule has 1 aromatic carbocycles. The lowest BCUT2D eigenvalue weighted by atomic mass is 10.1. The molecule has 22 heavy (non-hydrogen) atoms. The molecule has 1 aliphatic carbocycles. The fourth-order valence-electron chi connectivity index (χ4n) is 2.98. The van der Waals surface area contributed by atoms with E-state index in [1.165, 1.54) is 5.57 Å². The average molecular weight is 303 g/mol. The predicted octanol–water partition coefficient (Wildman–Crippen LogP) is 3.88. The molecular weight excluding hydrogens is 278 g/mol. The quantitative estimate of drug-likeness (QED) is 0.840. The van der Waals surface area contributed by atoms with Crippen LogP contribution in [0.15, 0.2) is 29.8 Å². The van der Waals surface area contributed by atoms with E-state index in [4.69, 9.17) is 9.47 Å². The molecule has 120 valence electrons. The lowest BCUT2D eigenvalue weighted by Crippen LogP contribution is -2.16. The Morgan fingerprint density at radius 2 is 1.82 bits per heavy atom. The highest BCUT2D eigenvalue weighted by molar-refractivity contribution is 5.96. The summed E-state index contributed by atoms with van der Waals surface area (Å²) in [6, 6.07) is 5.40. The molecule has 0 radical (unpaired) electrons. The van der Waals surface area contributed by atoms with Crippen molar-refractivity contribution in [3.05, 3.63) is 29.8 Å². The number of carbonyl (C=O) groups is 1. The van der Waals surface area contributed by atoms with Crippen molar-refractivity contribution >= 4 is 11.6 Å². The molecular formula is C18H25NO3. The third-order valence-corrected chi connectivity index (χ3v) is 4.36. The lowest BCUT2D eigenvalue weighted by Gasteiger charge is -2.11. The fraction of sp³-hybridized carbons (Fsp3) is 0.500. The van der Waals surface area contributed by atoms with Gasteiger partial charge in [0.25, 0.3) is 0 Å². The molecule has 4 heteroatoms. The number of amides is 1. The summed E-state index contributed by atoms with van der Waals surface area (Å²) in [4.78, 5) is 12.5. The van der Waals surface area contributed by atoms with Gasteiger partial charge in [-0.2, -0.15) is 0 Å². The van der Waals surface area contributed by atoms with Gasteiger partial charge in [0.05, 0.1) is 20.1 Å². The van der Waals surface area contributed by atoms with E-state index in [9.17, 15) is 4.79 Å². The number of allylic oxidation sites excluding steroid dienone is 2. The number of nitrogens with one attached hydrogen (secondary N) is 1. The Hall–Kier alpha value is -1.97. The fourth-order valence-corrected chi connectivity index (χ4v) is 2.98. The monoisotopic (exact) mass is 303 g/mol. The van der Waals surface area contributed by atoms with Gasteiger partial charge in [0, 0.05) is 11.8 Å². The number of carbonyl (C=O) groups excluding carboxylic acids is 1. The standard InChI is InChI=1S/C18H25NO3/c1-11(2)9-13-16(18(13,3)4)17(20)19-12-7-8-14(21-5)15(10-12)22-6/h7-10,13,16H,1-6H3,(H,19,20)/t13-,16+/m1/s1. The van der Waals surface area contributed by atoms with Gasteiger partial charge in [-0.05, 0) is 37.3 Å². The van der Waals surface area contributed by atoms with Gasteiger partial charge in [-0.15, -0.1) is 0 Å². The molecule has 2 rings (SSSR count). The van der Waals surface area contributed by atoms with Crippen LogP contribution < -0.4 is 14.8 Å². The molecule has 2 atom stereocenters. The molecule has 1 amide bonds. The summed E-state index contributed by atoms with van der Waals surface area (Å²) in [6.45, 7) is 8.40. The summed E-state index contributed by atoms with van der Waals surface area (Å²) in [6.07, 6.45) is 2.19. The SMILES string of the molecule is COc1ccc(NC(=O)[C@@H]2[C@@H](C=C(C)C)C2(C)C)cc1OC. The predicted molar refractivity (Wildman–Crippen MR) is 88.4 cm³/mol. The number of methoxy groups -OCH3 is 2. The van der Waals surface area contributed by atoms with Crippen LogP contribution in [0.5, 0.6) is 11.5 Å². The van der Waals surface area contributed by atoms with E-state index in [0.29, 0.717) is 17.4 Å². The van der Waals surface area contributed by atoms with Crippen LogP contribution in [0.4, 0.5) is 5.69 Å². The summed E-state index contributed by atoms with van der Waals surface area (Å²) in [5, 5.41) is 2.98. The second kappa shape index (κ2) is 6.03. The first kappa shape index (κ1) is 16.4. The van der Waals surface area contributed by atoms with Gasteiger partial charge < -0.3 is 14.8 Å². The second-order valence-corrected chi connectivity index (χ2v) is 6.63. The first-order chi connectivity index (χ1) is 10.3. The summed E-state index contributed by atoms with van der Waals surface area (Å²) >= 11 is 0. The maximum Gasteiger partial charge on any atom is 0.228 e. The van der Waals surface area contributed by atoms with E-state index in [-0.39, 0.29) is 17.2 Å². The molecule has 0 bridgehead atoms. The number of hydrogen-bond acceptors (Lipinski definition) is 3. The van der Waals surface area contributed by atoms with Crippen LogP contribution in [0, 0.1) is 17.3 Å².